The fourth-order valence-corrected chi connectivity index (χ4v) is 2.51. The molecule has 1 fully saturated rings. The quantitative estimate of drug-likeness (QED) is 0.502. The molecule has 1 saturated heterocycles. The van der Waals surface area contributed by atoms with Crippen molar-refractivity contribution in [2.24, 2.45) is 0 Å². The Morgan fingerprint density at radius 2 is 1.60 bits per heavy atom. The first-order valence-corrected chi connectivity index (χ1v) is 8.13. The summed E-state index contributed by atoms with van der Waals surface area (Å²) >= 11 is 0. The van der Waals surface area contributed by atoms with Crippen molar-refractivity contribution in [3.63, 3.8) is 0 Å². The molecule has 142 valence electrons. The van der Waals surface area contributed by atoms with Gasteiger partial charge in [-0.25, -0.2) is 0 Å². The lowest BCUT2D eigenvalue weighted by atomic mass is 9.97. The van der Waals surface area contributed by atoms with Crippen molar-refractivity contribution in [3.05, 3.63) is 0 Å². The van der Waals surface area contributed by atoms with E-state index in [-0.39, 0.29) is 19.1 Å². The summed E-state index contributed by atoms with van der Waals surface area (Å²) in [5.74, 6) is -1.95. The van der Waals surface area contributed by atoms with E-state index >= 15 is 0 Å². The van der Waals surface area contributed by atoms with Crippen LogP contribution >= 0.6 is 0 Å². The van der Waals surface area contributed by atoms with Gasteiger partial charge < -0.3 is 24.3 Å². The van der Waals surface area contributed by atoms with E-state index < -0.39 is 42.3 Å². The minimum Gasteiger partial charge on any atom is -0.463 e. The van der Waals surface area contributed by atoms with Crippen LogP contribution in [-0.4, -0.2) is 61.4 Å². The van der Waals surface area contributed by atoms with Gasteiger partial charge in [0.1, 0.15) is 12.7 Å². The zero-order chi connectivity index (χ0) is 19.0. The summed E-state index contributed by atoms with van der Waals surface area (Å²) in [6.45, 7) is 5.37. The van der Waals surface area contributed by atoms with E-state index in [4.69, 9.17) is 18.9 Å². The topological polar surface area (TPSA) is 117 Å². The number of hydrogen-bond acceptors (Lipinski definition) is 8. The normalized spacial score (nSPS) is 25.6. The molecule has 0 saturated carbocycles. The maximum atomic E-state index is 11.9. The van der Waals surface area contributed by atoms with Crippen molar-refractivity contribution in [1.82, 2.24) is 5.32 Å². The number of hydrogen-bond donors (Lipinski definition) is 1. The van der Waals surface area contributed by atoms with E-state index in [0.29, 0.717) is 12.8 Å². The van der Waals surface area contributed by atoms with Crippen LogP contribution in [0.3, 0.4) is 0 Å². The maximum absolute atomic E-state index is 11.9. The molecule has 0 aromatic carbocycles. The molecular formula is C16H25NO8. The molecule has 25 heavy (non-hydrogen) atoms. The van der Waals surface area contributed by atoms with Crippen molar-refractivity contribution in [3.8, 4) is 0 Å². The monoisotopic (exact) mass is 359 g/mol. The summed E-state index contributed by atoms with van der Waals surface area (Å²) in [6.07, 6.45) is -1.81. The second-order valence-corrected chi connectivity index (χ2v) is 5.75. The first-order chi connectivity index (χ1) is 11.7. The third kappa shape index (κ3) is 7.08. The Bertz CT molecular complexity index is 506. The molecule has 0 radical (unpaired) electrons. The van der Waals surface area contributed by atoms with Gasteiger partial charge in [-0.3, -0.25) is 19.2 Å². The van der Waals surface area contributed by atoms with Crippen LogP contribution in [-0.2, 0) is 38.1 Å². The highest BCUT2D eigenvalue weighted by Gasteiger charge is 2.46. The van der Waals surface area contributed by atoms with E-state index in [9.17, 15) is 19.2 Å². The Hall–Kier alpha value is -2.16. The van der Waals surface area contributed by atoms with Gasteiger partial charge in [0.2, 0.25) is 5.91 Å². The standard InChI is InChI=1S/C16H25NO8/c1-5-6-14(21)17-12-7-23-13(8-22-9(2)18)16(25-11(4)20)15(12)24-10(3)19/h12-13,15-16H,5-8H2,1-4H3,(H,17,21)/t12-,13+,15+,16+/m0/s1. The number of ether oxygens (including phenoxy) is 4. The van der Waals surface area contributed by atoms with Crippen molar-refractivity contribution < 1.29 is 38.1 Å². The summed E-state index contributed by atoms with van der Waals surface area (Å²) < 4.78 is 21.0. The van der Waals surface area contributed by atoms with Crippen LogP contribution in [0.4, 0.5) is 0 Å². The van der Waals surface area contributed by atoms with Gasteiger partial charge >= 0.3 is 17.9 Å². The number of nitrogens with one attached hydrogen (secondary N) is 1. The van der Waals surface area contributed by atoms with Crippen LogP contribution in [0.25, 0.3) is 0 Å². The lowest BCUT2D eigenvalue weighted by Gasteiger charge is -2.41. The molecule has 0 unspecified atom stereocenters. The predicted molar refractivity (Wildman–Crippen MR) is 84.3 cm³/mol. The zero-order valence-electron chi connectivity index (χ0n) is 14.9. The lowest BCUT2D eigenvalue weighted by Crippen LogP contribution is -2.62. The molecule has 0 bridgehead atoms. The molecule has 0 aromatic rings. The molecule has 1 aliphatic rings. The minimum atomic E-state index is -1.01. The van der Waals surface area contributed by atoms with E-state index in [2.05, 4.69) is 5.32 Å². The molecule has 1 heterocycles. The van der Waals surface area contributed by atoms with Gasteiger partial charge in [0.25, 0.3) is 0 Å². The summed E-state index contributed by atoms with van der Waals surface area (Å²) in [7, 11) is 0. The van der Waals surface area contributed by atoms with Gasteiger partial charge in [-0.1, -0.05) is 6.92 Å². The van der Waals surface area contributed by atoms with Crippen LogP contribution in [0.1, 0.15) is 40.5 Å². The number of carbonyl (C=O) groups is 4. The first-order valence-electron chi connectivity index (χ1n) is 8.13. The smallest absolute Gasteiger partial charge is 0.303 e. The molecule has 0 aliphatic carbocycles. The van der Waals surface area contributed by atoms with Crippen LogP contribution < -0.4 is 5.32 Å². The molecule has 1 rings (SSSR count). The number of carbonyl (C=O) groups excluding carboxylic acids is 4. The molecule has 1 aliphatic heterocycles. The molecule has 0 aromatic heterocycles. The zero-order valence-corrected chi connectivity index (χ0v) is 14.9. The number of esters is 3. The lowest BCUT2D eigenvalue weighted by molar-refractivity contribution is -0.207. The average Bonchev–Trinajstić information content (AvgIpc) is 2.48. The second-order valence-electron chi connectivity index (χ2n) is 5.75. The Balaban J connectivity index is 2.97. The highest BCUT2D eigenvalue weighted by atomic mass is 16.6. The van der Waals surface area contributed by atoms with Gasteiger partial charge in [-0.15, -0.1) is 0 Å². The van der Waals surface area contributed by atoms with E-state index in [1.165, 1.54) is 20.8 Å². The molecule has 4 atom stereocenters. The fraction of sp³-hybridized carbons (Fsp3) is 0.750. The second kappa shape index (κ2) is 9.97. The van der Waals surface area contributed by atoms with Gasteiger partial charge in [0.15, 0.2) is 12.2 Å². The van der Waals surface area contributed by atoms with Crippen LogP contribution in [0.2, 0.25) is 0 Å². The highest BCUT2D eigenvalue weighted by molar-refractivity contribution is 5.76. The van der Waals surface area contributed by atoms with Crippen LogP contribution in [0, 0.1) is 0 Å². The van der Waals surface area contributed by atoms with E-state index in [1.807, 2.05) is 6.92 Å². The Labute approximate surface area is 146 Å². The van der Waals surface area contributed by atoms with Gasteiger partial charge in [0, 0.05) is 27.2 Å². The first kappa shape index (κ1) is 20.9. The van der Waals surface area contributed by atoms with Crippen molar-refractivity contribution in [1.29, 1.82) is 0 Å². The summed E-state index contributed by atoms with van der Waals surface area (Å²) in [6, 6.07) is -0.680. The minimum absolute atomic E-state index is 0.0249. The summed E-state index contributed by atoms with van der Waals surface area (Å²) in [4.78, 5) is 45.8. The third-order valence-corrected chi connectivity index (χ3v) is 3.46. The molecule has 0 spiro atoms. The largest absolute Gasteiger partial charge is 0.463 e. The molecule has 1 N–H and O–H groups in total. The Morgan fingerprint density at radius 1 is 1.00 bits per heavy atom. The van der Waals surface area contributed by atoms with Crippen LogP contribution in [0.5, 0.6) is 0 Å². The molecule has 1 amide bonds. The van der Waals surface area contributed by atoms with Gasteiger partial charge in [-0.2, -0.15) is 0 Å². The van der Waals surface area contributed by atoms with Gasteiger partial charge in [0.05, 0.1) is 12.6 Å². The number of rotatable bonds is 7. The summed E-state index contributed by atoms with van der Waals surface area (Å²) in [5.41, 5.74) is 0. The van der Waals surface area contributed by atoms with Crippen molar-refractivity contribution in [2.75, 3.05) is 13.2 Å². The predicted octanol–water partition coefficient (Wildman–Crippen LogP) is 0.0966. The average molecular weight is 359 g/mol. The maximum Gasteiger partial charge on any atom is 0.303 e. The highest BCUT2D eigenvalue weighted by Crippen LogP contribution is 2.23. The molecule has 9 heteroatoms. The fourth-order valence-electron chi connectivity index (χ4n) is 2.51. The SMILES string of the molecule is CCCC(=O)N[C@H]1CO[C@H](COC(C)=O)[C@@H](OC(C)=O)[C@@H]1OC(C)=O. The number of amides is 1. The van der Waals surface area contributed by atoms with Gasteiger partial charge in [-0.05, 0) is 6.42 Å². The molecule has 9 nitrogen and oxygen atoms in total. The van der Waals surface area contributed by atoms with Crippen molar-refractivity contribution >= 4 is 23.8 Å². The van der Waals surface area contributed by atoms with Crippen LogP contribution in [0.15, 0.2) is 0 Å². The molecular weight excluding hydrogens is 334 g/mol. The Morgan fingerprint density at radius 3 is 2.12 bits per heavy atom. The third-order valence-electron chi connectivity index (χ3n) is 3.46. The Kier molecular flexibility index (Phi) is 8.33. The van der Waals surface area contributed by atoms with E-state index in [1.54, 1.807) is 0 Å². The van der Waals surface area contributed by atoms with Crippen molar-refractivity contribution in [2.45, 2.75) is 64.9 Å². The summed E-state index contributed by atoms with van der Waals surface area (Å²) in [5, 5.41) is 2.72. The van der Waals surface area contributed by atoms with E-state index in [0.717, 1.165) is 0 Å².